The van der Waals surface area contributed by atoms with E-state index in [-0.39, 0.29) is 13.2 Å². The van der Waals surface area contributed by atoms with Crippen molar-refractivity contribution in [2.24, 2.45) is 11.1 Å². The number of primary amides is 1. The van der Waals surface area contributed by atoms with Crippen molar-refractivity contribution in [1.82, 2.24) is 5.32 Å². The average Bonchev–Trinajstić information content (AvgIpc) is 2.44. The molecule has 0 spiro atoms. The molecule has 1 aromatic rings. The van der Waals surface area contributed by atoms with Crippen molar-refractivity contribution in [1.29, 1.82) is 5.41 Å². The van der Waals surface area contributed by atoms with E-state index in [2.05, 4.69) is 5.32 Å². The van der Waals surface area contributed by atoms with Crippen LogP contribution in [0.2, 0.25) is 0 Å². The third-order valence-electron chi connectivity index (χ3n) is 3.08. The summed E-state index contributed by atoms with van der Waals surface area (Å²) in [5.41, 5.74) is 10.6. The zero-order chi connectivity index (χ0) is 16.0. The zero-order valence-corrected chi connectivity index (χ0v) is 12.1. The molecule has 0 aliphatic heterocycles. The van der Waals surface area contributed by atoms with Gasteiger partial charge in [0.25, 0.3) is 0 Å². The lowest BCUT2D eigenvalue weighted by Gasteiger charge is -2.19. The molecule has 2 amide bonds. The summed E-state index contributed by atoms with van der Waals surface area (Å²) in [5.74, 6) is -0.705. The molecule has 0 unspecified atom stereocenters. The smallest absolute Gasteiger partial charge is 0.235 e. The van der Waals surface area contributed by atoms with Crippen molar-refractivity contribution in [2.45, 2.75) is 13.8 Å². The molecule has 0 aliphatic rings. The lowest BCUT2D eigenvalue weighted by Crippen LogP contribution is -2.46. The van der Waals surface area contributed by atoms with Crippen LogP contribution in [0.15, 0.2) is 18.2 Å². The molecule has 0 radical (unpaired) electrons. The third-order valence-corrected chi connectivity index (χ3v) is 3.08. The largest absolute Gasteiger partial charge is 0.490 e. The summed E-state index contributed by atoms with van der Waals surface area (Å²) in [6.07, 6.45) is 1.14. The number of carbonyl (C=O) groups excluding carboxylic acids is 2. The summed E-state index contributed by atoms with van der Waals surface area (Å²) in [6.45, 7) is 3.31. The minimum Gasteiger partial charge on any atom is -0.490 e. The summed E-state index contributed by atoms with van der Waals surface area (Å²) < 4.78 is 5.44. The maximum atomic E-state index is 11.8. The van der Waals surface area contributed by atoms with Gasteiger partial charge in [-0.25, -0.2) is 0 Å². The van der Waals surface area contributed by atoms with E-state index in [0.717, 1.165) is 6.21 Å². The van der Waals surface area contributed by atoms with E-state index in [1.807, 2.05) is 0 Å². The summed E-state index contributed by atoms with van der Waals surface area (Å²) in [6, 6.07) is 5.10. The molecule has 0 heterocycles. The Hall–Kier alpha value is -2.57. The van der Waals surface area contributed by atoms with Gasteiger partial charge in [0, 0.05) is 11.8 Å². The number of nitrogen functional groups attached to an aromatic ring is 1. The lowest BCUT2D eigenvalue weighted by atomic mass is 9.91. The van der Waals surface area contributed by atoms with Crippen molar-refractivity contribution >= 4 is 23.7 Å². The number of ether oxygens (including phenoxy) is 1. The molecule has 0 aromatic heterocycles. The highest BCUT2D eigenvalue weighted by atomic mass is 16.5. The van der Waals surface area contributed by atoms with E-state index >= 15 is 0 Å². The Kier molecular flexibility index (Phi) is 5.29. The van der Waals surface area contributed by atoms with E-state index in [1.165, 1.54) is 13.8 Å². The number of benzene rings is 1. The number of carbonyl (C=O) groups is 2. The van der Waals surface area contributed by atoms with Gasteiger partial charge in [0.1, 0.15) is 17.8 Å². The van der Waals surface area contributed by atoms with Gasteiger partial charge in [0.05, 0.1) is 12.2 Å². The van der Waals surface area contributed by atoms with Crippen molar-refractivity contribution in [3.63, 3.8) is 0 Å². The maximum absolute atomic E-state index is 11.8. The van der Waals surface area contributed by atoms with E-state index < -0.39 is 17.2 Å². The number of anilines is 1. The highest BCUT2D eigenvalue weighted by molar-refractivity contribution is 6.03. The Morgan fingerprint density at radius 1 is 1.43 bits per heavy atom. The molecule has 1 aromatic carbocycles. The number of para-hydroxylation sites is 1. The summed E-state index contributed by atoms with van der Waals surface area (Å²) in [7, 11) is 0. The molecule has 0 saturated carbocycles. The molecule has 114 valence electrons. The van der Waals surface area contributed by atoms with Gasteiger partial charge in [-0.1, -0.05) is 12.1 Å². The summed E-state index contributed by atoms with van der Waals surface area (Å²) in [5, 5.41) is 9.77. The molecule has 0 saturated heterocycles. The molecule has 0 aliphatic carbocycles. The van der Waals surface area contributed by atoms with Gasteiger partial charge in [0.2, 0.25) is 11.8 Å². The zero-order valence-electron chi connectivity index (χ0n) is 12.1. The van der Waals surface area contributed by atoms with Gasteiger partial charge in [-0.3, -0.25) is 9.59 Å². The van der Waals surface area contributed by atoms with Crippen LogP contribution in [0.1, 0.15) is 19.4 Å². The van der Waals surface area contributed by atoms with Crippen LogP contribution < -0.4 is 21.5 Å². The van der Waals surface area contributed by atoms with E-state index in [0.29, 0.717) is 17.0 Å². The quantitative estimate of drug-likeness (QED) is 0.248. The van der Waals surface area contributed by atoms with Crippen LogP contribution in [-0.4, -0.2) is 31.2 Å². The van der Waals surface area contributed by atoms with Crippen molar-refractivity contribution in [3.8, 4) is 5.75 Å². The second-order valence-corrected chi connectivity index (χ2v) is 5.00. The topological polar surface area (TPSA) is 131 Å². The van der Waals surface area contributed by atoms with Gasteiger partial charge in [-0.15, -0.1) is 0 Å². The number of nitrogens with one attached hydrogen (secondary N) is 2. The first-order chi connectivity index (χ1) is 9.80. The molecular formula is C14H20N4O3. The predicted molar refractivity (Wildman–Crippen MR) is 80.2 cm³/mol. The minimum absolute atomic E-state index is 0.187. The second kappa shape index (κ2) is 6.74. The standard InChI is InChI=1S/C14H20N4O3/c1-14(2,12(17)19)13(20)18-6-7-21-10-5-3-4-9(8-15)11(10)16/h3-5,8,15H,6-7,16H2,1-2H3,(H2,17,19)(H,18,20). The first kappa shape index (κ1) is 16.5. The molecular weight excluding hydrogens is 272 g/mol. The third kappa shape index (κ3) is 3.95. The molecule has 7 nitrogen and oxygen atoms in total. The minimum atomic E-state index is -1.26. The monoisotopic (exact) mass is 292 g/mol. The van der Waals surface area contributed by atoms with Gasteiger partial charge in [0.15, 0.2) is 0 Å². The number of rotatable bonds is 7. The van der Waals surface area contributed by atoms with Crippen LogP contribution in [0.5, 0.6) is 5.75 Å². The van der Waals surface area contributed by atoms with Crippen LogP contribution >= 0.6 is 0 Å². The Morgan fingerprint density at radius 3 is 2.67 bits per heavy atom. The summed E-state index contributed by atoms with van der Waals surface area (Å²) in [4.78, 5) is 22.9. The van der Waals surface area contributed by atoms with E-state index in [9.17, 15) is 9.59 Å². The molecule has 0 bridgehead atoms. The van der Waals surface area contributed by atoms with Crippen molar-refractivity contribution in [3.05, 3.63) is 23.8 Å². The normalized spacial score (nSPS) is 10.8. The van der Waals surface area contributed by atoms with Gasteiger partial charge >= 0.3 is 0 Å². The lowest BCUT2D eigenvalue weighted by molar-refractivity contribution is -0.139. The Labute approximate surface area is 123 Å². The molecule has 6 N–H and O–H groups in total. The average molecular weight is 292 g/mol. The van der Waals surface area contributed by atoms with Gasteiger partial charge in [-0.05, 0) is 19.9 Å². The van der Waals surface area contributed by atoms with Crippen LogP contribution in [0.25, 0.3) is 0 Å². The van der Waals surface area contributed by atoms with Crippen LogP contribution in [0.3, 0.4) is 0 Å². The van der Waals surface area contributed by atoms with Crippen molar-refractivity contribution < 1.29 is 14.3 Å². The highest BCUT2D eigenvalue weighted by Crippen LogP contribution is 2.23. The van der Waals surface area contributed by atoms with Crippen LogP contribution in [0, 0.1) is 10.8 Å². The van der Waals surface area contributed by atoms with Gasteiger partial charge < -0.3 is 26.9 Å². The van der Waals surface area contributed by atoms with E-state index in [4.69, 9.17) is 21.6 Å². The molecule has 21 heavy (non-hydrogen) atoms. The Bertz CT molecular complexity index is 555. The van der Waals surface area contributed by atoms with E-state index in [1.54, 1.807) is 18.2 Å². The molecule has 7 heteroatoms. The Morgan fingerprint density at radius 2 is 2.10 bits per heavy atom. The predicted octanol–water partition coefficient (Wildman–Crippen LogP) is 0.273. The number of hydrogen-bond acceptors (Lipinski definition) is 5. The van der Waals surface area contributed by atoms with Crippen LogP contribution in [-0.2, 0) is 9.59 Å². The molecule has 0 atom stereocenters. The SMILES string of the molecule is CC(C)(C(N)=O)C(=O)NCCOc1cccc(C=N)c1N. The number of nitrogens with two attached hydrogens (primary N) is 2. The first-order valence-corrected chi connectivity index (χ1v) is 6.40. The van der Waals surface area contributed by atoms with Gasteiger partial charge in [-0.2, -0.15) is 0 Å². The Balaban J connectivity index is 2.50. The molecule has 1 rings (SSSR count). The second-order valence-electron chi connectivity index (χ2n) is 5.00. The first-order valence-electron chi connectivity index (χ1n) is 6.40. The summed E-state index contributed by atoms with van der Waals surface area (Å²) >= 11 is 0. The fourth-order valence-corrected chi connectivity index (χ4v) is 1.47. The van der Waals surface area contributed by atoms with Crippen LogP contribution in [0.4, 0.5) is 5.69 Å². The fourth-order valence-electron chi connectivity index (χ4n) is 1.47. The van der Waals surface area contributed by atoms with Crippen molar-refractivity contribution in [2.75, 3.05) is 18.9 Å². The highest BCUT2D eigenvalue weighted by Gasteiger charge is 2.33. The molecule has 0 fully saturated rings. The number of amides is 2. The fraction of sp³-hybridized carbons (Fsp3) is 0.357. The maximum Gasteiger partial charge on any atom is 0.235 e. The number of hydrogen-bond donors (Lipinski definition) is 4.